The molecule has 1 saturated heterocycles. The average molecular weight is 256 g/mol. The van der Waals surface area contributed by atoms with E-state index >= 15 is 0 Å². The summed E-state index contributed by atoms with van der Waals surface area (Å²) >= 11 is 11.2. The third-order valence-corrected chi connectivity index (χ3v) is 3.11. The molecule has 0 unspecified atom stereocenters. The number of anilines is 1. The van der Waals surface area contributed by atoms with Gasteiger partial charge in [-0.05, 0) is 36.5 Å². The van der Waals surface area contributed by atoms with Crippen LogP contribution < -0.4 is 10.6 Å². The monoisotopic (exact) mass is 255 g/mol. The van der Waals surface area contributed by atoms with E-state index in [9.17, 15) is 0 Å². The second kappa shape index (κ2) is 5.48. The molecular formula is C11H14ClN3S. The van der Waals surface area contributed by atoms with Gasteiger partial charge in [0.25, 0.3) is 0 Å². The van der Waals surface area contributed by atoms with E-state index in [0.29, 0.717) is 0 Å². The predicted molar refractivity (Wildman–Crippen MR) is 72.1 cm³/mol. The first-order valence-corrected chi connectivity index (χ1v) is 6.06. The lowest BCUT2D eigenvalue weighted by molar-refractivity contribution is 0.362. The predicted octanol–water partition coefficient (Wildman–Crippen LogP) is 1.94. The summed E-state index contributed by atoms with van der Waals surface area (Å²) in [6.07, 6.45) is 0. The third kappa shape index (κ3) is 3.07. The van der Waals surface area contributed by atoms with E-state index in [0.717, 1.165) is 42.0 Å². The lowest BCUT2D eigenvalue weighted by Crippen LogP contribution is -2.47. The first kappa shape index (κ1) is 11.6. The van der Waals surface area contributed by atoms with E-state index in [1.54, 1.807) is 0 Å². The summed E-state index contributed by atoms with van der Waals surface area (Å²) in [4.78, 5) is 2.17. The lowest BCUT2D eigenvalue weighted by Gasteiger charge is -2.29. The van der Waals surface area contributed by atoms with Crippen LogP contribution in [0.15, 0.2) is 24.3 Å². The van der Waals surface area contributed by atoms with Crippen LogP contribution in [-0.2, 0) is 0 Å². The summed E-state index contributed by atoms with van der Waals surface area (Å²) < 4.78 is 0. The molecule has 1 heterocycles. The van der Waals surface area contributed by atoms with Gasteiger partial charge in [-0.2, -0.15) is 0 Å². The van der Waals surface area contributed by atoms with E-state index in [-0.39, 0.29) is 0 Å². The first-order chi connectivity index (χ1) is 7.75. The average Bonchev–Trinajstić information content (AvgIpc) is 2.33. The number of halogens is 1. The molecule has 0 amide bonds. The molecule has 0 spiro atoms. The van der Waals surface area contributed by atoms with Crippen molar-refractivity contribution in [2.45, 2.75) is 0 Å². The number of piperazine rings is 1. The minimum Gasteiger partial charge on any atom is -0.346 e. The quantitative estimate of drug-likeness (QED) is 0.750. The van der Waals surface area contributed by atoms with E-state index in [1.807, 2.05) is 24.3 Å². The molecule has 2 N–H and O–H groups in total. The largest absolute Gasteiger partial charge is 0.346 e. The summed E-state index contributed by atoms with van der Waals surface area (Å²) in [6.45, 7) is 3.89. The van der Waals surface area contributed by atoms with Crippen LogP contribution in [0, 0.1) is 0 Å². The molecule has 3 nitrogen and oxygen atoms in total. The molecular weight excluding hydrogens is 242 g/mol. The van der Waals surface area contributed by atoms with Gasteiger partial charge in [-0.3, -0.25) is 0 Å². The summed E-state index contributed by atoms with van der Waals surface area (Å²) in [6, 6.07) is 7.56. The molecule has 1 aliphatic rings. The standard InChI is InChI=1S/C11H14ClN3S/c12-9-1-3-10(4-2-9)14-11(16)15-7-5-13-6-8-15/h1-4,13H,5-8H2,(H,14,16). The Bertz CT molecular complexity index is 360. The maximum Gasteiger partial charge on any atom is 0.173 e. The molecule has 1 aromatic rings. The topological polar surface area (TPSA) is 27.3 Å². The minimum atomic E-state index is 0.735. The number of nitrogens with one attached hydrogen (secondary N) is 2. The summed E-state index contributed by atoms with van der Waals surface area (Å²) in [5, 5.41) is 8.02. The van der Waals surface area contributed by atoms with Crippen LogP contribution in [0.25, 0.3) is 0 Å². The van der Waals surface area contributed by atoms with Crippen molar-refractivity contribution in [2.24, 2.45) is 0 Å². The zero-order valence-corrected chi connectivity index (χ0v) is 10.4. The summed E-state index contributed by atoms with van der Waals surface area (Å²) in [7, 11) is 0. The van der Waals surface area contributed by atoms with Crippen LogP contribution in [-0.4, -0.2) is 36.2 Å². The maximum absolute atomic E-state index is 5.82. The van der Waals surface area contributed by atoms with Gasteiger partial charge in [0, 0.05) is 36.9 Å². The SMILES string of the molecule is S=C(Nc1ccc(Cl)cc1)N1CCNCC1. The van der Waals surface area contributed by atoms with Gasteiger partial charge in [0.1, 0.15) is 0 Å². The minimum absolute atomic E-state index is 0.735. The summed E-state index contributed by atoms with van der Waals surface area (Å²) in [5.74, 6) is 0. The Morgan fingerprint density at radius 1 is 1.25 bits per heavy atom. The van der Waals surface area contributed by atoms with Crippen molar-refractivity contribution >= 4 is 34.6 Å². The zero-order chi connectivity index (χ0) is 11.4. The molecule has 0 radical (unpaired) electrons. The van der Waals surface area contributed by atoms with E-state index in [1.165, 1.54) is 0 Å². The molecule has 0 bridgehead atoms. The van der Waals surface area contributed by atoms with Gasteiger partial charge in [-0.15, -0.1) is 0 Å². The van der Waals surface area contributed by atoms with Crippen molar-refractivity contribution in [1.29, 1.82) is 0 Å². The second-order valence-corrected chi connectivity index (χ2v) is 4.50. The molecule has 1 aliphatic heterocycles. The fraction of sp³-hybridized carbons (Fsp3) is 0.364. The van der Waals surface area contributed by atoms with Gasteiger partial charge in [0.15, 0.2) is 5.11 Å². The van der Waals surface area contributed by atoms with Crippen LogP contribution in [0.4, 0.5) is 5.69 Å². The van der Waals surface area contributed by atoms with Gasteiger partial charge < -0.3 is 15.5 Å². The van der Waals surface area contributed by atoms with Crippen LogP contribution in [0.2, 0.25) is 5.02 Å². The zero-order valence-electron chi connectivity index (χ0n) is 8.87. The van der Waals surface area contributed by atoms with Crippen LogP contribution >= 0.6 is 23.8 Å². The molecule has 0 atom stereocenters. The van der Waals surface area contributed by atoms with Gasteiger partial charge in [0.05, 0.1) is 0 Å². The first-order valence-electron chi connectivity index (χ1n) is 5.28. The number of nitrogens with zero attached hydrogens (tertiary/aromatic N) is 1. The van der Waals surface area contributed by atoms with Crippen LogP contribution in [0.1, 0.15) is 0 Å². The highest BCUT2D eigenvalue weighted by atomic mass is 35.5. The molecule has 0 aromatic heterocycles. The van der Waals surface area contributed by atoms with E-state index in [4.69, 9.17) is 23.8 Å². The molecule has 0 saturated carbocycles. The molecule has 5 heteroatoms. The van der Waals surface area contributed by atoms with Crippen LogP contribution in [0.3, 0.4) is 0 Å². The Kier molecular flexibility index (Phi) is 3.98. The molecule has 1 aromatic carbocycles. The van der Waals surface area contributed by atoms with Crippen molar-refractivity contribution in [2.75, 3.05) is 31.5 Å². The fourth-order valence-corrected chi connectivity index (χ4v) is 2.03. The molecule has 2 rings (SSSR count). The van der Waals surface area contributed by atoms with Crippen LogP contribution in [0.5, 0.6) is 0 Å². The second-order valence-electron chi connectivity index (χ2n) is 3.67. The Morgan fingerprint density at radius 2 is 1.88 bits per heavy atom. The van der Waals surface area contributed by atoms with Crippen molar-refractivity contribution in [3.63, 3.8) is 0 Å². The van der Waals surface area contributed by atoms with Gasteiger partial charge in [0.2, 0.25) is 0 Å². The fourth-order valence-electron chi connectivity index (χ4n) is 1.60. The number of rotatable bonds is 1. The van der Waals surface area contributed by atoms with Crippen molar-refractivity contribution in [3.8, 4) is 0 Å². The summed E-state index contributed by atoms with van der Waals surface area (Å²) in [5.41, 5.74) is 0.980. The third-order valence-electron chi connectivity index (χ3n) is 2.50. The molecule has 16 heavy (non-hydrogen) atoms. The van der Waals surface area contributed by atoms with Gasteiger partial charge in [-0.1, -0.05) is 11.6 Å². The number of thiocarbonyl (C=S) groups is 1. The Balaban J connectivity index is 1.93. The van der Waals surface area contributed by atoms with Gasteiger partial charge >= 0.3 is 0 Å². The van der Waals surface area contributed by atoms with E-state index in [2.05, 4.69) is 15.5 Å². The maximum atomic E-state index is 5.82. The lowest BCUT2D eigenvalue weighted by atomic mass is 10.3. The molecule has 86 valence electrons. The number of benzene rings is 1. The Morgan fingerprint density at radius 3 is 2.50 bits per heavy atom. The highest BCUT2D eigenvalue weighted by Crippen LogP contribution is 2.14. The number of hydrogen-bond donors (Lipinski definition) is 2. The van der Waals surface area contributed by atoms with Crippen molar-refractivity contribution < 1.29 is 0 Å². The Hall–Kier alpha value is -0.840. The van der Waals surface area contributed by atoms with Crippen molar-refractivity contribution in [3.05, 3.63) is 29.3 Å². The van der Waals surface area contributed by atoms with Gasteiger partial charge in [-0.25, -0.2) is 0 Å². The smallest absolute Gasteiger partial charge is 0.173 e. The normalized spacial score (nSPS) is 15.9. The number of hydrogen-bond acceptors (Lipinski definition) is 2. The molecule has 1 fully saturated rings. The van der Waals surface area contributed by atoms with Crippen molar-refractivity contribution in [1.82, 2.24) is 10.2 Å². The Labute approximate surface area is 106 Å². The highest BCUT2D eigenvalue weighted by molar-refractivity contribution is 7.80. The highest BCUT2D eigenvalue weighted by Gasteiger charge is 2.12. The molecule has 0 aliphatic carbocycles. The van der Waals surface area contributed by atoms with E-state index < -0.39 is 0 Å².